The van der Waals surface area contributed by atoms with Gasteiger partial charge in [0, 0.05) is 7.05 Å². The highest BCUT2D eigenvalue weighted by molar-refractivity contribution is 5.41. The number of nitrogens with one attached hydrogen (secondary N) is 2. The number of aliphatic hydroxyl groups excluding tert-OH is 1. The van der Waals surface area contributed by atoms with E-state index in [0.29, 0.717) is 11.9 Å². The lowest BCUT2D eigenvalue weighted by molar-refractivity contribution is 0.223. The second-order valence-corrected chi connectivity index (χ2v) is 4.70. The van der Waals surface area contributed by atoms with Crippen molar-refractivity contribution in [3.63, 3.8) is 0 Å². The molecule has 0 saturated heterocycles. The molecule has 0 aliphatic carbocycles. The van der Waals surface area contributed by atoms with Gasteiger partial charge in [-0.3, -0.25) is 0 Å². The lowest BCUT2D eigenvalue weighted by Crippen LogP contribution is -2.36. The Morgan fingerprint density at radius 3 is 2.38 bits per heavy atom. The number of aromatic nitrogens is 3. The molecule has 0 radical (unpaired) electrons. The predicted molar refractivity (Wildman–Crippen MR) is 80.4 cm³/mol. The number of benzene rings is 1. The molecule has 1 atom stereocenters. The van der Waals surface area contributed by atoms with Crippen LogP contribution in [0.2, 0.25) is 0 Å². The third-order valence-electron chi connectivity index (χ3n) is 3.14. The second kappa shape index (κ2) is 6.36. The standard InChI is InChI=1S/C14H19N5O2/c1-14(9-20,10-7-5-4-6-8-10)19-12-16-11(15-2)17-13(18-12)21-3/h4-8,20H,9H2,1-3H3,(H2,15,16,17,18,19). The predicted octanol–water partition coefficient (Wildman–Crippen LogP) is 1.24. The number of nitrogens with zero attached hydrogens (tertiary/aromatic N) is 3. The van der Waals surface area contributed by atoms with Crippen molar-refractivity contribution >= 4 is 11.9 Å². The third kappa shape index (κ3) is 3.38. The molecule has 0 amide bonds. The van der Waals surface area contributed by atoms with Gasteiger partial charge in [0.05, 0.1) is 19.3 Å². The van der Waals surface area contributed by atoms with Gasteiger partial charge in [-0.15, -0.1) is 0 Å². The molecule has 0 bridgehead atoms. The monoisotopic (exact) mass is 289 g/mol. The van der Waals surface area contributed by atoms with Gasteiger partial charge in [-0.1, -0.05) is 30.3 Å². The molecule has 0 aliphatic heterocycles. The van der Waals surface area contributed by atoms with Gasteiger partial charge in [-0.05, 0) is 12.5 Å². The Bertz CT molecular complexity index is 571. The minimum absolute atomic E-state index is 0.111. The molecule has 7 nitrogen and oxygen atoms in total. The van der Waals surface area contributed by atoms with Crippen LogP contribution in [-0.2, 0) is 5.54 Å². The summed E-state index contributed by atoms with van der Waals surface area (Å²) in [5, 5.41) is 15.8. The Balaban J connectivity index is 2.34. The first-order valence-electron chi connectivity index (χ1n) is 6.53. The molecule has 0 spiro atoms. The number of aliphatic hydroxyl groups is 1. The van der Waals surface area contributed by atoms with Crippen LogP contribution in [0.1, 0.15) is 12.5 Å². The van der Waals surface area contributed by atoms with Gasteiger partial charge in [0.2, 0.25) is 11.9 Å². The van der Waals surface area contributed by atoms with Crippen molar-refractivity contribution < 1.29 is 9.84 Å². The van der Waals surface area contributed by atoms with E-state index < -0.39 is 5.54 Å². The first-order valence-corrected chi connectivity index (χ1v) is 6.53. The van der Waals surface area contributed by atoms with E-state index in [4.69, 9.17) is 4.74 Å². The smallest absolute Gasteiger partial charge is 0.322 e. The molecular weight excluding hydrogens is 270 g/mol. The Morgan fingerprint density at radius 1 is 1.14 bits per heavy atom. The van der Waals surface area contributed by atoms with E-state index in [9.17, 15) is 5.11 Å². The van der Waals surface area contributed by atoms with Gasteiger partial charge in [0.1, 0.15) is 0 Å². The van der Waals surface area contributed by atoms with E-state index in [-0.39, 0.29) is 12.6 Å². The van der Waals surface area contributed by atoms with E-state index in [0.717, 1.165) is 5.56 Å². The summed E-state index contributed by atoms with van der Waals surface area (Å²) in [5.74, 6) is 0.712. The minimum atomic E-state index is -0.710. The molecule has 112 valence electrons. The van der Waals surface area contributed by atoms with Crippen LogP contribution >= 0.6 is 0 Å². The van der Waals surface area contributed by atoms with Crippen LogP contribution in [0.5, 0.6) is 6.01 Å². The molecule has 1 aromatic heterocycles. The van der Waals surface area contributed by atoms with Crippen molar-refractivity contribution in [1.29, 1.82) is 0 Å². The fraction of sp³-hybridized carbons (Fsp3) is 0.357. The zero-order valence-corrected chi connectivity index (χ0v) is 12.3. The first-order chi connectivity index (χ1) is 10.1. The van der Waals surface area contributed by atoms with Crippen LogP contribution in [-0.4, -0.2) is 40.8 Å². The van der Waals surface area contributed by atoms with Crippen LogP contribution in [0.25, 0.3) is 0 Å². The molecule has 1 heterocycles. The second-order valence-electron chi connectivity index (χ2n) is 4.70. The summed E-state index contributed by atoms with van der Waals surface area (Å²) in [7, 11) is 3.20. The van der Waals surface area contributed by atoms with E-state index in [1.807, 2.05) is 37.3 Å². The Kier molecular flexibility index (Phi) is 4.54. The maximum atomic E-state index is 9.77. The molecule has 7 heteroatoms. The molecule has 0 aliphatic rings. The summed E-state index contributed by atoms with van der Waals surface area (Å²) < 4.78 is 5.05. The minimum Gasteiger partial charge on any atom is -0.467 e. The van der Waals surface area contributed by atoms with Crippen molar-refractivity contribution in [3.8, 4) is 6.01 Å². The molecule has 1 unspecified atom stereocenters. The maximum absolute atomic E-state index is 9.77. The van der Waals surface area contributed by atoms with Gasteiger partial charge >= 0.3 is 6.01 Å². The summed E-state index contributed by atoms with van der Waals surface area (Å²) >= 11 is 0. The van der Waals surface area contributed by atoms with Gasteiger partial charge in [0.25, 0.3) is 0 Å². The van der Waals surface area contributed by atoms with Gasteiger partial charge in [-0.25, -0.2) is 0 Å². The fourth-order valence-corrected chi connectivity index (χ4v) is 1.87. The molecule has 0 saturated carbocycles. The quantitative estimate of drug-likeness (QED) is 0.736. The third-order valence-corrected chi connectivity index (χ3v) is 3.14. The fourth-order valence-electron chi connectivity index (χ4n) is 1.87. The average molecular weight is 289 g/mol. The number of methoxy groups -OCH3 is 1. The molecule has 21 heavy (non-hydrogen) atoms. The summed E-state index contributed by atoms with van der Waals surface area (Å²) in [4.78, 5) is 12.4. The zero-order valence-electron chi connectivity index (χ0n) is 12.3. The number of ether oxygens (including phenoxy) is 1. The van der Waals surface area contributed by atoms with Crippen molar-refractivity contribution in [1.82, 2.24) is 15.0 Å². The van der Waals surface area contributed by atoms with Crippen molar-refractivity contribution in [2.24, 2.45) is 0 Å². The van der Waals surface area contributed by atoms with Crippen LogP contribution < -0.4 is 15.4 Å². The highest BCUT2D eigenvalue weighted by atomic mass is 16.5. The van der Waals surface area contributed by atoms with Crippen molar-refractivity contribution in [2.45, 2.75) is 12.5 Å². The van der Waals surface area contributed by atoms with Crippen LogP contribution in [0, 0.1) is 0 Å². The van der Waals surface area contributed by atoms with E-state index in [1.165, 1.54) is 7.11 Å². The van der Waals surface area contributed by atoms with Crippen LogP contribution in [0.4, 0.5) is 11.9 Å². The maximum Gasteiger partial charge on any atom is 0.322 e. The highest BCUT2D eigenvalue weighted by Gasteiger charge is 2.27. The molecule has 1 aromatic carbocycles. The van der Waals surface area contributed by atoms with Gasteiger partial charge in [-0.2, -0.15) is 15.0 Å². The van der Waals surface area contributed by atoms with E-state index >= 15 is 0 Å². The Morgan fingerprint density at radius 2 is 1.81 bits per heavy atom. The summed E-state index contributed by atoms with van der Waals surface area (Å²) in [6.07, 6.45) is 0. The normalized spacial score (nSPS) is 13.3. The molecule has 2 aromatic rings. The number of rotatable bonds is 6. The summed E-state index contributed by atoms with van der Waals surface area (Å²) in [6, 6.07) is 9.81. The number of hydrogen-bond acceptors (Lipinski definition) is 7. The van der Waals surface area contributed by atoms with Gasteiger partial charge < -0.3 is 20.5 Å². The van der Waals surface area contributed by atoms with Crippen molar-refractivity contribution in [3.05, 3.63) is 35.9 Å². The largest absolute Gasteiger partial charge is 0.467 e. The van der Waals surface area contributed by atoms with E-state index in [2.05, 4.69) is 25.6 Å². The number of hydrogen-bond donors (Lipinski definition) is 3. The van der Waals surface area contributed by atoms with Crippen LogP contribution in [0.3, 0.4) is 0 Å². The zero-order chi connectivity index (χ0) is 15.3. The molecule has 0 fully saturated rings. The summed E-state index contributed by atoms with van der Waals surface area (Å²) in [5.41, 5.74) is 0.219. The van der Waals surface area contributed by atoms with Gasteiger partial charge in [0.15, 0.2) is 0 Å². The number of anilines is 2. The highest BCUT2D eigenvalue weighted by Crippen LogP contribution is 2.25. The lowest BCUT2D eigenvalue weighted by atomic mass is 9.93. The Labute approximate surface area is 123 Å². The molecule has 2 rings (SSSR count). The topological polar surface area (TPSA) is 92.2 Å². The first kappa shape index (κ1) is 15.0. The van der Waals surface area contributed by atoms with Crippen LogP contribution in [0.15, 0.2) is 30.3 Å². The summed E-state index contributed by atoms with van der Waals surface area (Å²) in [6.45, 7) is 1.76. The van der Waals surface area contributed by atoms with Crippen molar-refractivity contribution in [2.75, 3.05) is 31.4 Å². The SMILES string of the molecule is CNc1nc(NC(C)(CO)c2ccccc2)nc(OC)n1. The molecule has 3 N–H and O–H groups in total. The average Bonchev–Trinajstić information content (AvgIpc) is 2.55. The molecular formula is C14H19N5O2. The lowest BCUT2D eigenvalue weighted by Gasteiger charge is -2.29. The Hall–Kier alpha value is -2.41. The van der Waals surface area contributed by atoms with E-state index in [1.54, 1.807) is 7.05 Å².